The maximum Gasteiger partial charge on any atom is 0.255 e. The lowest BCUT2D eigenvalue weighted by molar-refractivity contribution is 0.903. The molecule has 1 N–H and O–H groups in total. The van der Waals surface area contributed by atoms with E-state index in [2.05, 4.69) is 25.4 Å². The molecule has 20 heavy (non-hydrogen) atoms. The van der Waals surface area contributed by atoms with Gasteiger partial charge in [-0.25, -0.2) is 0 Å². The number of pyridine rings is 1. The fraction of sp³-hybridized carbons (Fsp3) is 0.231. The van der Waals surface area contributed by atoms with Crippen molar-refractivity contribution in [3.63, 3.8) is 0 Å². The van der Waals surface area contributed by atoms with E-state index in [1.165, 1.54) is 6.33 Å². The molecular weight excluding hydrogens is 276 g/mol. The van der Waals surface area contributed by atoms with Gasteiger partial charge in [-0.3, -0.25) is 4.98 Å². The normalized spacial score (nSPS) is 10.9. The lowest BCUT2D eigenvalue weighted by Gasteiger charge is -2.12. The summed E-state index contributed by atoms with van der Waals surface area (Å²) in [6, 6.07) is 3.95. The second-order valence-corrected chi connectivity index (χ2v) is 4.83. The van der Waals surface area contributed by atoms with Crippen molar-refractivity contribution >= 4 is 23.2 Å². The lowest BCUT2D eigenvalue weighted by Crippen LogP contribution is -2.10. The van der Waals surface area contributed by atoms with Gasteiger partial charge in [0.15, 0.2) is 0 Å². The number of fused-ring (bicyclic) bond motifs is 1. The second kappa shape index (κ2) is 5.05. The highest BCUT2D eigenvalue weighted by atomic mass is 35.5. The number of hydrogen-bond donors (Lipinski definition) is 1. The third-order valence-corrected chi connectivity index (χ3v) is 3.51. The van der Waals surface area contributed by atoms with Gasteiger partial charge in [-0.2, -0.15) is 19.6 Å². The molecule has 7 heteroatoms. The number of nitrogens with one attached hydrogen (secondary N) is 1. The molecule has 0 aliphatic rings. The van der Waals surface area contributed by atoms with Crippen molar-refractivity contribution in [2.75, 3.05) is 5.32 Å². The van der Waals surface area contributed by atoms with E-state index in [1.807, 2.05) is 26.0 Å². The molecule has 0 amide bonds. The van der Waals surface area contributed by atoms with Crippen molar-refractivity contribution in [1.29, 1.82) is 0 Å². The SMILES string of the molecule is Cc1cccnc1CNc1c(C)c(Cl)nc2ncnn12. The maximum absolute atomic E-state index is 6.11. The van der Waals surface area contributed by atoms with Crippen LogP contribution >= 0.6 is 11.6 Å². The van der Waals surface area contributed by atoms with Crippen LogP contribution in [0.25, 0.3) is 5.78 Å². The fourth-order valence-corrected chi connectivity index (χ4v) is 2.14. The summed E-state index contributed by atoms with van der Waals surface area (Å²) in [6.45, 7) is 4.51. The van der Waals surface area contributed by atoms with Gasteiger partial charge in [-0.05, 0) is 25.5 Å². The smallest absolute Gasteiger partial charge is 0.255 e. The molecule has 0 unspecified atom stereocenters. The van der Waals surface area contributed by atoms with Gasteiger partial charge in [-0.15, -0.1) is 0 Å². The molecule has 0 bridgehead atoms. The first-order valence-electron chi connectivity index (χ1n) is 6.17. The molecule has 0 atom stereocenters. The monoisotopic (exact) mass is 288 g/mol. The summed E-state index contributed by atoms with van der Waals surface area (Å²) in [4.78, 5) is 12.6. The lowest BCUT2D eigenvalue weighted by atomic mass is 10.2. The fourth-order valence-electron chi connectivity index (χ4n) is 1.98. The van der Waals surface area contributed by atoms with E-state index in [9.17, 15) is 0 Å². The van der Waals surface area contributed by atoms with E-state index in [1.54, 1.807) is 10.7 Å². The molecule has 3 aromatic heterocycles. The topological polar surface area (TPSA) is 68.0 Å². The Morgan fingerprint density at radius 1 is 1.30 bits per heavy atom. The van der Waals surface area contributed by atoms with Gasteiger partial charge < -0.3 is 5.32 Å². The summed E-state index contributed by atoms with van der Waals surface area (Å²) in [5.74, 6) is 1.25. The number of hydrogen-bond acceptors (Lipinski definition) is 5. The molecule has 0 aliphatic heterocycles. The van der Waals surface area contributed by atoms with Crippen molar-refractivity contribution in [2.24, 2.45) is 0 Å². The van der Waals surface area contributed by atoms with Crippen LogP contribution in [0.2, 0.25) is 5.15 Å². The quantitative estimate of drug-likeness (QED) is 0.750. The molecule has 3 heterocycles. The Balaban J connectivity index is 1.97. The van der Waals surface area contributed by atoms with Gasteiger partial charge in [0.2, 0.25) is 0 Å². The molecule has 3 rings (SSSR count). The summed E-state index contributed by atoms with van der Waals surface area (Å²) in [7, 11) is 0. The Morgan fingerprint density at radius 2 is 2.15 bits per heavy atom. The molecule has 0 fully saturated rings. The predicted octanol–water partition coefficient (Wildman–Crippen LogP) is 2.40. The number of aromatic nitrogens is 5. The van der Waals surface area contributed by atoms with Gasteiger partial charge in [0.1, 0.15) is 17.3 Å². The highest BCUT2D eigenvalue weighted by Gasteiger charge is 2.12. The molecule has 0 saturated carbocycles. The zero-order chi connectivity index (χ0) is 14.1. The van der Waals surface area contributed by atoms with Gasteiger partial charge in [-0.1, -0.05) is 17.7 Å². The molecule has 102 valence electrons. The summed E-state index contributed by atoms with van der Waals surface area (Å²) in [5.41, 5.74) is 2.94. The Morgan fingerprint density at radius 3 is 2.95 bits per heavy atom. The van der Waals surface area contributed by atoms with Crippen LogP contribution in [-0.2, 0) is 6.54 Å². The Hall–Kier alpha value is -2.21. The minimum absolute atomic E-state index is 0.422. The van der Waals surface area contributed by atoms with E-state index in [-0.39, 0.29) is 0 Å². The summed E-state index contributed by atoms with van der Waals surface area (Å²) >= 11 is 6.11. The minimum Gasteiger partial charge on any atom is -0.364 e. The molecule has 0 aromatic carbocycles. The van der Waals surface area contributed by atoms with E-state index in [4.69, 9.17) is 11.6 Å². The minimum atomic E-state index is 0.422. The average molecular weight is 289 g/mol. The van der Waals surface area contributed by atoms with E-state index in [0.29, 0.717) is 17.5 Å². The number of halogens is 1. The maximum atomic E-state index is 6.11. The third-order valence-electron chi connectivity index (χ3n) is 3.15. The van der Waals surface area contributed by atoms with Crippen LogP contribution in [0, 0.1) is 13.8 Å². The first kappa shape index (κ1) is 12.8. The van der Waals surface area contributed by atoms with Crippen molar-refractivity contribution in [3.8, 4) is 0 Å². The summed E-state index contributed by atoms with van der Waals surface area (Å²) in [5, 5.41) is 7.89. The second-order valence-electron chi connectivity index (χ2n) is 4.47. The highest BCUT2D eigenvalue weighted by molar-refractivity contribution is 6.30. The first-order valence-corrected chi connectivity index (χ1v) is 6.55. The van der Waals surface area contributed by atoms with Gasteiger partial charge in [0.05, 0.1) is 12.2 Å². The molecule has 0 radical (unpaired) electrons. The number of rotatable bonds is 3. The van der Waals surface area contributed by atoms with Crippen molar-refractivity contribution in [1.82, 2.24) is 24.6 Å². The number of nitrogens with zero attached hydrogens (tertiary/aromatic N) is 5. The predicted molar refractivity (Wildman–Crippen MR) is 76.8 cm³/mol. The number of aryl methyl sites for hydroxylation is 1. The van der Waals surface area contributed by atoms with Gasteiger partial charge >= 0.3 is 0 Å². The van der Waals surface area contributed by atoms with Crippen LogP contribution in [0.5, 0.6) is 0 Å². The Labute approximate surface area is 120 Å². The van der Waals surface area contributed by atoms with Crippen LogP contribution in [0.15, 0.2) is 24.7 Å². The van der Waals surface area contributed by atoms with Crippen LogP contribution in [0.4, 0.5) is 5.82 Å². The summed E-state index contributed by atoms with van der Waals surface area (Å²) in [6.07, 6.45) is 3.23. The highest BCUT2D eigenvalue weighted by Crippen LogP contribution is 2.22. The van der Waals surface area contributed by atoms with Crippen LogP contribution < -0.4 is 5.32 Å². The van der Waals surface area contributed by atoms with Crippen LogP contribution in [-0.4, -0.2) is 24.6 Å². The van der Waals surface area contributed by atoms with E-state index < -0.39 is 0 Å². The summed E-state index contributed by atoms with van der Waals surface area (Å²) < 4.78 is 1.64. The van der Waals surface area contributed by atoms with Crippen molar-refractivity contribution in [3.05, 3.63) is 46.6 Å². The molecule has 6 nitrogen and oxygen atoms in total. The van der Waals surface area contributed by atoms with Crippen molar-refractivity contribution in [2.45, 2.75) is 20.4 Å². The Kier molecular flexibility index (Phi) is 3.23. The van der Waals surface area contributed by atoms with E-state index >= 15 is 0 Å². The van der Waals surface area contributed by atoms with Gasteiger partial charge in [0, 0.05) is 11.8 Å². The van der Waals surface area contributed by atoms with Crippen LogP contribution in [0.3, 0.4) is 0 Å². The molecular formula is C13H13ClN6. The average Bonchev–Trinajstić information content (AvgIpc) is 2.89. The number of anilines is 1. The zero-order valence-electron chi connectivity index (χ0n) is 11.1. The molecule has 0 aliphatic carbocycles. The standard InChI is InChI=1S/C13H13ClN6/c1-8-4-3-5-15-10(8)6-16-12-9(2)11(14)19-13-17-7-18-20(12)13/h3-5,7,16H,6H2,1-2H3. The molecule has 3 aromatic rings. The Bertz CT molecular complexity index is 767. The third kappa shape index (κ3) is 2.18. The molecule has 0 spiro atoms. The van der Waals surface area contributed by atoms with Gasteiger partial charge in [0.25, 0.3) is 5.78 Å². The zero-order valence-corrected chi connectivity index (χ0v) is 11.9. The largest absolute Gasteiger partial charge is 0.364 e. The molecule has 0 saturated heterocycles. The van der Waals surface area contributed by atoms with E-state index in [0.717, 1.165) is 22.6 Å². The van der Waals surface area contributed by atoms with Crippen molar-refractivity contribution < 1.29 is 0 Å². The van der Waals surface area contributed by atoms with Crippen LogP contribution in [0.1, 0.15) is 16.8 Å². The first-order chi connectivity index (χ1) is 9.66.